The number of ether oxygens (including phenoxy) is 1. The Morgan fingerprint density at radius 3 is 3.21 bits per heavy atom. The Bertz CT molecular complexity index is 593. The van der Waals surface area contributed by atoms with E-state index in [0.717, 1.165) is 27.7 Å². The molecule has 0 aromatic carbocycles. The standard InChI is InChI=1S/C13H14BrN3O2/c14-9-5-11-13(16-6-9)12(1-2-15-11)17-3-4-19-8-10(17)7-18/h1-2,5-6,10,18H,3-4,7-8H2. The minimum atomic E-state index is -0.0233. The lowest BCUT2D eigenvalue weighted by atomic mass is 10.2. The first-order valence-electron chi connectivity index (χ1n) is 6.15. The Morgan fingerprint density at radius 1 is 1.47 bits per heavy atom. The summed E-state index contributed by atoms with van der Waals surface area (Å²) < 4.78 is 6.32. The van der Waals surface area contributed by atoms with Crippen molar-refractivity contribution in [1.29, 1.82) is 0 Å². The molecule has 1 N–H and O–H groups in total. The highest BCUT2D eigenvalue weighted by Gasteiger charge is 2.24. The molecule has 0 spiro atoms. The number of fused-ring (bicyclic) bond motifs is 1. The Kier molecular flexibility index (Phi) is 3.63. The van der Waals surface area contributed by atoms with Crippen LogP contribution in [0.25, 0.3) is 11.0 Å². The number of aliphatic hydroxyl groups excluding tert-OH is 1. The maximum absolute atomic E-state index is 9.47. The smallest absolute Gasteiger partial charge is 0.112 e. The fourth-order valence-electron chi connectivity index (χ4n) is 2.35. The van der Waals surface area contributed by atoms with Gasteiger partial charge >= 0.3 is 0 Å². The van der Waals surface area contributed by atoms with Gasteiger partial charge in [-0.3, -0.25) is 9.97 Å². The van der Waals surface area contributed by atoms with E-state index in [-0.39, 0.29) is 12.6 Å². The highest BCUT2D eigenvalue weighted by Crippen LogP contribution is 2.27. The number of nitrogens with zero attached hydrogens (tertiary/aromatic N) is 3. The fourth-order valence-corrected chi connectivity index (χ4v) is 2.67. The van der Waals surface area contributed by atoms with E-state index in [0.29, 0.717) is 13.2 Å². The third kappa shape index (κ3) is 2.43. The van der Waals surface area contributed by atoms with Crippen molar-refractivity contribution in [2.45, 2.75) is 6.04 Å². The number of morpholine rings is 1. The van der Waals surface area contributed by atoms with Gasteiger partial charge in [-0.1, -0.05) is 0 Å². The molecule has 0 amide bonds. The van der Waals surface area contributed by atoms with Gasteiger partial charge in [0.15, 0.2) is 0 Å². The van der Waals surface area contributed by atoms with Gasteiger partial charge in [-0.2, -0.15) is 0 Å². The van der Waals surface area contributed by atoms with Gasteiger partial charge in [0.25, 0.3) is 0 Å². The first kappa shape index (κ1) is 12.8. The zero-order chi connectivity index (χ0) is 13.2. The molecule has 5 nitrogen and oxygen atoms in total. The predicted molar refractivity (Wildman–Crippen MR) is 76.3 cm³/mol. The molecule has 3 rings (SSSR count). The lowest BCUT2D eigenvalue weighted by Gasteiger charge is -2.36. The van der Waals surface area contributed by atoms with Crippen LogP contribution in [0.4, 0.5) is 5.69 Å². The number of aromatic nitrogens is 2. The van der Waals surface area contributed by atoms with E-state index < -0.39 is 0 Å². The summed E-state index contributed by atoms with van der Waals surface area (Å²) in [5.41, 5.74) is 2.70. The summed E-state index contributed by atoms with van der Waals surface area (Å²) >= 11 is 3.40. The van der Waals surface area contributed by atoms with E-state index in [1.54, 1.807) is 12.4 Å². The number of anilines is 1. The van der Waals surface area contributed by atoms with Crippen molar-refractivity contribution < 1.29 is 9.84 Å². The van der Waals surface area contributed by atoms with Gasteiger partial charge in [-0.15, -0.1) is 0 Å². The summed E-state index contributed by atoms with van der Waals surface area (Å²) in [4.78, 5) is 10.9. The van der Waals surface area contributed by atoms with Crippen molar-refractivity contribution >= 4 is 32.7 Å². The normalized spacial score (nSPS) is 19.9. The molecule has 3 heterocycles. The lowest BCUT2D eigenvalue weighted by molar-refractivity contribution is 0.0728. The number of hydrogen-bond acceptors (Lipinski definition) is 5. The van der Waals surface area contributed by atoms with Crippen LogP contribution in [-0.2, 0) is 4.74 Å². The summed E-state index contributed by atoms with van der Waals surface area (Å²) in [6, 6.07) is 3.86. The van der Waals surface area contributed by atoms with Crippen LogP contribution < -0.4 is 4.90 Å². The molecule has 19 heavy (non-hydrogen) atoms. The second-order valence-corrected chi connectivity index (χ2v) is 5.37. The molecule has 1 aliphatic heterocycles. The lowest BCUT2D eigenvalue weighted by Crippen LogP contribution is -2.47. The Hall–Kier alpha value is -1.24. The van der Waals surface area contributed by atoms with Crippen LogP contribution in [0.1, 0.15) is 0 Å². The molecule has 0 aliphatic carbocycles. The van der Waals surface area contributed by atoms with Crippen LogP contribution in [0.15, 0.2) is 29.0 Å². The van der Waals surface area contributed by atoms with Gasteiger partial charge in [0.2, 0.25) is 0 Å². The summed E-state index contributed by atoms with van der Waals surface area (Å²) in [5.74, 6) is 0. The van der Waals surface area contributed by atoms with Crippen LogP contribution in [0, 0.1) is 0 Å². The molecule has 1 unspecified atom stereocenters. The molecule has 1 fully saturated rings. The maximum Gasteiger partial charge on any atom is 0.112 e. The van der Waals surface area contributed by atoms with Crippen molar-refractivity contribution in [2.75, 3.05) is 31.3 Å². The minimum Gasteiger partial charge on any atom is -0.394 e. The first-order valence-corrected chi connectivity index (χ1v) is 6.94. The van der Waals surface area contributed by atoms with Crippen molar-refractivity contribution in [2.24, 2.45) is 0 Å². The zero-order valence-electron chi connectivity index (χ0n) is 10.3. The van der Waals surface area contributed by atoms with Crippen molar-refractivity contribution in [3.63, 3.8) is 0 Å². The van der Waals surface area contributed by atoms with E-state index >= 15 is 0 Å². The van der Waals surface area contributed by atoms with Gasteiger partial charge in [0.1, 0.15) is 5.52 Å². The molecule has 0 bridgehead atoms. The quantitative estimate of drug-likeness (QED) is 0.909. The number of halogens is 1. The minimum absolute atomic E-state index is 0.0233. The molecular weight excluding hydrogens is 310 g/mol. The summed E-state index contributed by atoms with van der Waals surface area (Å²) in [6.07, 6.45) is 3.54. The second kappa shape index (κ2) is 5.40. The van der Waals surface area contributed by atoms with E-state index in [4.69, 9.17) is 4.74 Å². The Labute approximate surface area is 119 Å². The first-order chi connectivity index (χ1) is 9.29. The van der Waals surface area contributed by atoms with E-state index in [1.807, 2.05) is 12.1 Å². The van der Waals surface area contributed by atoms with Gasteiger partial charge < -0.3 is 14.7 Å². The van der Waals surface area contributed by atoms with Crippen molar-refractivity contribution in [3.05, 3.63) is 29.0 Å². The summed E-state index contributed by atoms with van der Waals surface area (Å²) in [5, 5.41) is 9.47. The fraction of sp³-hybridized carbons (Fsp3) is 0.385. The average molecular weight is 324 g/mol. The van der Waals surface area contributed by atoms with Gasteiger partial charge in [0, 0.05) is 23.4 Å². The largest absolute Gasteiger partial charge is 0.394 e. The van der Waals surface area contributed by atoms with Crippen molar-refractivity contribution in [3.8, 4) is 0 Å². The van der Waals surface area contributed by atoms with Gasteiger partial charge in [-0.05, 0) is 28.1 Å². The molecule has 6 heteroatoms. The third-order valence-corrected chi connectivity index (χ3v) is 3.70. The number of aliphatic hydroxyl groups is 1. The number of pyridine rings is 2. The van der Waals surface area contributed by atoms with Crippen molar-refractivity contribution in [1.82, 2.24) is 9.97 Å². The van der Waals surface area contributed by atoms with Gasteiger partial charge in [0.05, 0.1) is 37.1 Å². The maximum atomic E-state index is 9.47. The molecule has 1 atom stereocenters. The second-order valence-electron chi connectivity index (χ2n) is 4.46. The molecule has 100 valence electrons. The van der Waals surface area contributed by atoms with Crippen LogP contribution in [0.2, 0.25) is 0 Å². The average Bonchev–Trinajstić information content (AvgIpc) is 2.46. The molecule has 1 saturated heterocycles. The van der Waals surface area contributed by atoms with Gasteiger partial charge in [-0.25, -0.2) is 0 Å². The van der Waals surface area contributed by atoms with E-state index in [1.165, 1.54) is 0 Å². The number of hydrogen-bond donors (Lipinski definition) is 1. The summed E-state index contributed by atoms with van der Waals surface area (Å²) in [6.45, 7) is 2.02. The zero-order valence-corrected chi connectivity index (χ0v) is 11.9. The number of rotatable bonds is 2. The molecule has 2 aromatic rings. The molecule has 0 saturated carbocycles. The van der Waals surface area contributed by atoms with Crippen LogP contribution in [0.3, 0.4) is 0 Å². The van der Waals surface area contributed by atoms with Crippen LogP contribution in [0.5, 0.6) is 0 Å². The Morgan fingerprint density at radius 2 is 2.37 bits per heavy atom. The van der Waals surface area contributed by atoms with E-state index in [2.05, 4.69) is 30.8 Å². The predicted octanol–water partition coefficient (Wildman–Crippen LogP) is 1.59. The highest BCUT2D eigenvalue weighted by atomic mass is 79.9. The molecule has 0 radical (unpaired) electrons. The molecular formula is C13H14BrN3O2. The molecule has 2 aromatic heterocycles. The Balaban J connectivity index is 2.08. The molecule has 1 aliphatic rings. The monoisotopic (exact) mass is 323 g/mol. The van der Waals surface area contributed by atoms with Crippen LogP contribution in [-0.4, -0.2) is 47.5 Å². The topological polar surface area (TPSA) is 58.5 Å². The SMILES string of the molecule is OCC1COCCN1c1ccnc2cc(Br)cnc12. The third-order valence-electron chi connectivity index (χ3n) is 3.27. The van der Waals surface area contributed by atoms with Crippen LogP contribution >= 0.6 is 15.9 Å². The highest BCUT2D eigenvalue weighted by molar-refractivity contribution is 9.10. The summed E-state index contributed by atoms with van der Waals surface area (Å²) in [7, 11) is 0. The van der Waals surface area contributed by atoms with E-state index in [9.17, 15) is 5.11 Å².